The Hall–Kier alpha value is -3.45. The normalized spacial score (nSPS) is 15.1. The maximum absolute atomic E-state index is 13.7. The maximum atomic E-state index is 13.7. The lowest BCUT2D eigenvalue weighted by atomic mass is 9.98. The molecule has 0 fully saturated rings. The summed E-state index contributed by atoms with van der Waals surface area (Å²) in [5, 5.41) is 0.421. The lowest BCUT2D eigenvalue weighted by Gasteiger charge is -2.24. The van der Waals surface area contributed by atoms with E-state index in [4.69, 9.17) is 9.15 Å². The van der Waals surface area contributed by atoms with Crippen LogP contribution in [0.4, 0.5) is 5.82 Å². The van der Waals surface area contributed by atoms with Gasteiger partial charge in [0.05, 0.1) is 23.6 Å². The van der Waals surface area contributed by atoms with Gasteiger partial charge >= 0.3 is 0 Å². The summed E-state index contributed by atoms with van der Waals surface area (Å²) in [4.78, 5) is 33.3. The van der Waals surface area contributed by atoms with Gasteiger partial charge in [0.1, 0.15) is 17.2 Å². The number of hydrogen-bond acceptors (Lipinski definition) is 5. The smallest absolute Gasteiger partial charge is 0.296 e. The van der Waals surface area contributed by atoms with Crippen molar-refractivity contribution in [1.29, 1.82) is 0 Å². The molecule has 5 rings (SSSR count). The van der Waals surface area contributed by atoms with Gasteiger partial charge < -0.3 is 9.15 Å². The first-order valence-electron chi connectivity index (χ1n) is 11.2. The van der Waals surface area contributed by atoms with Crippen molar-refractivity contribution < 1.29 is 13.9 Å². The van der Waals surface area contributed by atoms with E-state index >= 15 is 0 Å². The number of aromatic nitrogens is 1. The van der Waals surface area contributed by atoms with Crippen molar-refractivity contribution in [2.24, 2.45) is 0 Å². The molecule has 0 spiro atoms. The van der Waals surface area contributed by atoms with Crippen molar-refractivity contribution in [3.63, 3.8) is 0 Å². The number of pyridine rings is 1. The van der Waals surface area contributed by atoms with E-state index in [-0.39, 0.29) is 17.1 Å². The SMILES string of the molecule is CCCCOc1ccc(C2c3c(oc4ccc(Br)cc4c3=O)C(=O)N2c2ccc(C)cn2)cc1. The van der Waals surface area contributed by atoms with Gasteiger partial charge in [-0.2, -0.15) is 0 Å². The third-order valence-corrected chi connectivity index (χ3v) is 6.43. The topological polar surface area (TPSA) is 72.6 Å². The van der Waals surface area contributed by atoms with Gasteiger partial charge in [0, 0.05) is 10.7 Å². The average Bonchev–Trinajstić information content (AvgIpc) is 3.13. The maximum Gasteiger partial charge on any atom is 0.296 e. The lowest BCUT2D eigenvalue weighted by Crippen LogP contribution is -2.30. The highest BCUT2D eigenvalue weighted by Gasteiger charge is 2.44. The number of nitrogens with zero attached hydrogens (tertiary/aromatic N) is 2. The van der Waals surface area contributed by atoms with Crippen LogP contribution >= 0.6 is 15.9 Å². The van der Waals surface area contributed by atoms with Gasteiger partial charge in [-0.15, -0.1) is 0 Å². The molecule has 7 heteroatoms. The van der Waals surface area contributed by atoms with E-state index in [1.807, 2.05) is 37.3 Å². The molecule has 1 aliphatic heterocycles. The van der Waals surface area contributed by atoms with Gasteiger partial charge in [0.25, 0.3) is 5.91 Å². The number of carbonyl (C=O) groups is 1. The number of anilines is 1. The number of halogens is 1. The van der Waals surface area contributed by atoms with E-state index in [0.29, 0.717) is 29.0 Å². The Morgan fingerprint density at radius 1 is 1.09 bits per heavy atom. The Balaban J connectivity index is 1.67. The minimum Gasteiger partial charge on any atom is -0.494 e. The Labute approximate surface area is 205 Å². The predicted molar refractivity (Wildman–Crippen MR) is 135 cm³/mol. The highest BCUT2D eigenvalue weighted by molar-refractivity contribution is 9.10. The minimum atomic E-state index is -0.665. The molecule has 6 nitrogen and oxygen atoms in total. The van der Waals surface area contributed by atoms with Crippen LogP contribution in [0.1, 0.15) is 53.1 Å². The Morgan fingerprint density at radius 2 is 1.88 bits per heavy atom. The van der Waals surface area contributed by atoms with Crippen LogP contribution in [0, 0.1) is 6.92 Å². The quantitative estimate of drug-likeness (QED) is 0.284. The zero-order valence-corrected chi connectivity index (χ0v) is 20.5. The van der Waals surface area contributed by atoms with Gasteiger partial charge in [-0.25, -0.2) is 4.98 Å². The molecular weight excluding hydrogens is 496 g/mol. The molecule has 3 heterocycles. The zero-order chi connectivity index (χ0) is 23.8. The molecule has 0 N–H and O–H groups in total. The minimum absolute atomic E-state index is 0.0514. The van der Waals surface area contributed by atoms with Crippen molar-refractivity contribution in [2.45, 2.75) is 32.7 Å². The van der Waals surface area contributed by atoms with Crippen molar-refractivity contribution in [3.8, 4) is 5.75 Å². The second kappa shape index (κ2) is 9.06. The predicted octanol–water partition coefficient (Wildman–Crippen LogP) is 6.19. The molecule has 0 saturated heterocycles. The van der Waals surface area contributed by atoms with E-state index in [2.05, 4.69) is 27.8 Å². The molecule has 0 aliphatic carbocycles. The highest BCUT2D eigenvalue weighted by atomic mass is 79.9. The second-order valence-electron chi connectivity index (χ2n) is 8.36. The molecule has 1 atom stereocenters. The molecular formula is C27H23BrN2O4. The fourth-order valence-electron chi connectivity index (χ4n) is 4.18. The van der Waals surface area contributed by atoms with E-state index < -0.39 is 6.04 Å². The molecule has 0 radical (unpaired) electrons. The third-order valence-electron chi connectivity index (χ3n) is 5.94. The lowest BCUT2D eigenvalue weighted by molar-refractivity contribution is 0.0970. The van der Waals surface area contributed by atoms with Gasteiger partial charge in [0.2, 0.25) is 5.76 Å². The number of unbranched alkanes of at least 4 members (excludes halogenated alkanes) is 1. The first-order chi connectivity index (χ1) is 16.5. The summed E-state index contributed by atoms with van der Waals surface area (Å²) < 4.78 is 12.6. The summed E-state index contributed by atoms with van der Waals surface area (Å²) in [6.45, 7) is 4.69. The van der Waals surface area contributed by atoms with Crippen LogP contribution in [-0.2, 0) is 0 Å². The van der Waals surface area contributed by atoms with E-state index in [1.54, 1.807) is 30.5 Å². The summed E-state index contributed by atoms with van der Waals surface area (Å²) in [7, 11) is 0. The van der Waals surface area contributed by atoms with Crippen LogP contribution in [0.25, 0.3) is 11.0 Å². The Bertz CT molecular complexity index is 1430. The van der Waals surface area contributed by atoms with Crippen LogP contribution in [-0.4, -0.2) is 17.5 Å². The average molecular weight is 519 g/mol. The molecule has 1 amide bonds. The standard InChI is InChI=1S/C27H23BrN2O4/c1-3-4-13-33-19-9-6-17(7-10-19)24-23-25(31)20-14-18(28)8-11-21(20)34-26(23)27(32)30(24)22-12-5-16(2)15-29-22/h5-12,14-15,24H,3-4,13H2,1-2H3. The number of rotatable bonds is 6. The molecule has 2 aromatic heterocycles. The van der Waals surface area contributed by atoms with E-state index in [9.17, 15) is 9.59 Å². The number of hydrogen-bond donors (Lipinski definition) is 0. The number of fused-ring (bicyclic) bond motifs is 2. The zero-order valence-electron chi connectivity index (χ0n) is 18.9. The molecule has 34 heavy (non-hydrogen) atoms. The number of amides is 1. The number of benzene rings is 2. The summed E-state index contributed by atoms with van der Waals surface area (Å²) in [6.07, 6.45) is 3.73. The summed E-state index contributed by atoms with van der Waals surface area (Å²) in [5.74, 6) is 0.869. The fourth-order valence-corrected chi connectivity index (χ4v) is 4.54. The summed E-state index contributed by atoms with van der Waals surface area (Å²) >= 11 is 3.43. The van der Waals surface area contributed by atoms with Gasteiger partial charge in [-0.05, 0) is 60.9 Å². The van der Waals surface area contributed by atoms with Gasteiger partial charge in [-0.3, -0.25) is 14.5 Å². The van der Waals surface area contributed by atoms with Crippen LogP contribution in [0.3, 0.4) is 0 Å². The molecule has 172 valence electrons. The monoisotopic (exact) mass is 518 g/mol. The van der Waals surface area contributed by atoms with E-state index in [1.165, 1.54) is 4.90 Å². The first-order valence-corrected chi connectivity index (χ1v) is 12.0. The van der Waals surface area contributed by atoms with E-state index in [0.717, 1.165) is 34.2 Å². The summed E-state index contributed by atoms with van der Waals surface area (Å²) in [6, 6.07) is 15.7. The number of ether oxygens (including phenoxy) is 1. The van der Waals surface area contributed by atoms with Crippen molar-refractivity contribution in [1.82, 2.24) is 4.98 Å². The summed E-state index contributed by atoms with van der Waals surface area (Å²) in [5.41, 5.74) is 2.21. The molecule has 0 bridgehead atoms. The van der Waals surface area contributed by atoms with Crippen LogP contribution in [0.5, 0.6) is 5.75 Å². The van der Waals surface area contributed by atoms with Crippen LogP contribution < -0.4 is 15.1 Å². The highest BCUT2D eigenvalue weighted by Crippen LogP contribution is 2.41. The van der Waals surface area contributed by atoms with Crippen LogP contribution in [0.15, 0.2) is 74.5 Å². The molecule has 2 aromatic carbocycles. The Morgan fingerprint density at radius 3 is 2.59 bits per heavy atom. The van der Waals surface area contributed by atoms with Gasteiger partial charge in [-0.1, -0.05) is 47.5 Å². The van der Waals surface area contributed by atoms with Crippen LogP contribution in [0.2, 0.25) is 0 Å². The molecule has 4 aromatic rings. The van der Waals surface area contributed by atoms with Crippen molar-refractivity contribution in [2.75, 3.05) is 11.5 Å². The Kier molecular flexibility index (Phi) is 5.96. The van der Waals surface area contributed by atoms with Crippen molar-refractivity contribution in [3.05, 3.63) is 97.9 Å². The third kappa shape index (κ3) is 3.90. The molecule has 1 unspecified atom stereocenters. The fraction of sp³-hybridized carbons (Fsp3) is 0.222. The van der Waals surface area contributed by atoms with Crippen molar-refractivity contribution >= 4 is 38.6 Å². The first kappa shape index (κ1) is 22.3. The second-order valence-corrected chi connectivity index (χ2v) is 9.27. The van der Waals surface area contributed by atoms with Gasteiger partial charge in [0.15, 0.2) is 5.43 Å². The number of aryl methyl sites for hydroxylation is 1. The molecule has 1 aliphatic rings. The molecule has 0 saturated carbocycles. The number of carbonyl (C=O) groups excluding carboxylic acids is 1. The largest absolute Gasteiger partial charge is 0.494 e.